The number of hydrogen-bond acceptors (Lipinski definition) is 5. The molecule has 3 rings (SSSR count). The molecule has 0 aromatic carbocycles. The molecule has 1 aromatic heterocycles. The standard InChI is InChI=1S/C15H21N3O3/c1-10(2)17-8-12-6-11(17)9-18(12)15(19)21-13-4-5-14(20-3)16-7-13/h4-5,7,10-12H,6,8-9H2,1-3H3. The normalized spacial score (nSPS) is 24.7. The lowest BCUT2D eigenvalue weighted by Crippen LogP contribution is -2.51. The molecule has 2 bridgehead atoms. The zero-order valence-electron chi connectivity index (χ0n) is 12.7. The predicted octanol–water partition coefficient (Wildman–Crippen LogP) is 1.76. The van der Waals surface area contributed by atoms with Gasteiger partial charge in [0.2, 0.25) is 5.88 Å². The number of carbonyl (C=O) groups is 1. The Morgan fingerprint density at radius 1 is 1.33 bits per heavy atom. The van der Waals surface area contributed by atoms with Crippen LogP contribution >= 0.6 is 0 Å². The van der Waals surface area contributed by atoms with E-state index >= 15 is 0 Å². The van der Waals surface area contributed by atoms with Gasteiger partial charge in [-0.3, -0.25) is 4.90 Å². The fourth-order valence-electron chi connectivity index (χ4n) is 3.26. The second kappa shape index (κ2) is 5.52. The van der Waals surface area contributed by atoms with Crippen LogP contribution in [0.15, 0.2) is 18.3 Å². The van der Waals surface area contributed by atoms with E-state index in [0.717, 1.165) is 19.5 Å². The fraction of sp³-hybridized carbons (Fsp3) is 0.600. The molecular weight excluding hydrogens is 270 g/mol. The van der Waals surface area contributed by atoms with Crippen molar-refractivity contribution in [3.63, 3.8) is 0 Å². The van der Waals surface area contributed by atoms with Gasteiger partial charge in [0.1, 0.15) is 0 Å². The zero-order valence-corrected chi connectivity index (χ0v) is 12.7. The summed E-state index contributed by atoms with van der Waals surface area (Å²) in [7, 11) is 1.55. The molecule has 2 fully saturated rings. The first-order chi connectivity index (χ1) is 10.1. The maximum Gasteiger partial charge on any atom is 0.415 e. The van der Waals surface area contributed by atoms with E-state index in [4.69, 9.17) is 9.47 Å². The van der Waals surface area contributed by atoms with Crippen LogP contribution < -0.4 is 9.47 Å². The Kier molecular flexibility index (Phi) is 3.71. The Labute approximate surface area is 124 Å². The third-order valence-electron chi connectivity index (χ3n) is 4.30. The van der Waals surface area contributed by atoms with E-state index in [1.54, 1.807) is 19.2 Å². The lowest BCUT2D eigenvalue weighted by atomic mass is 10.2. The fourth-order valence-corrected chi connectivity index (χ4v) is 3.26. The Morgan fingerprint density at radius 3 is 2.67 bits per heavy atom. The minimum Gasteiger partial charge on any atom is -0.481 e. The summed E-state index contributed by atoms with van der Waals surface area (Å²) in [5.74, 6) is 0.951. The molecule has 114 valence electrons. The maximum absolute atomic E-state index is 12.3. The van der Waals surface area contributed by atoms with E-state index < -0.39 is 0 Å². The van der Waals surface area contributed by atoms with Crippen LogP contribution in [0.1, 0.15) is 20.3 Å². The summed E-state index contributed by atoms with van der Waals surface area (Å²) in [6.07, 6.45) is 2.28. The van der Waals surface area contributed by atoms with Gasteiger partial charge in [-0.2, -0.15) is 0 Å². The van der Waals surface area contributed by atoms with Gasteiger partial charge in [-0.05, 0) is 26.3 Å². The lowest BCUT2D eigenvalue weighted by molar-refractivity contribution is 0.0941. The minimum atomic E-state index is -0.280. The third-order valence-corrected chi connectivity index (χ3v) is 4.30. The molecule has 6 nitrogen and oxygen atoms in total. The highest BCUT2D eigenvalue weighted by Gasteiger charge is 2.46. The Morgan fingerprint density at radius 2 is 2.14 bits per heavy atom. The smallest absolute Gasteiger partial charge is 0.415 e. The number of hydrogen-bond donors (Lipinski definition) is 0. The molecule has 2 aliphatic heterocycles. The van der Waals surface area contributed by atoms with Crippen LogP contribution in [0.3, 0.4) is 0 Å². The maximum atomic E-state index is 12.3. The van der Waals surface area contributed by atoms with E-state index in [9.17, 15) is 4.79 Å². The Hall–Kier alpha value is -1.82. The quantitative estimate of drug-likeness (QED) is 0.849. The van der Waals surface area contributed by atoms with Crippen LogP contribution in [-0.2, 0) is 0 Å². The summed E-state index contributed by atoms with van der Waals surface area (Å²) in [4.78, 5) is 20.6. The molecule has 3 heterocycles. The lowest BCUT2D eigenvalue weighted by Gasteiger charge is -2.35. The van der Waals surface area contributed by atoms with E-state index in [1.807, 2.05) is 4.90 Å². The van der Waals surface area contributed by atoms with E-state index in [0.29, 0.717) is 23.7 Å². The van der Waals surface area contributed by atoms with Crippen LogP contribution in [0.25, 0.3) is 0 Å². The molecule has 2 unspecified atom stereocenters. The Balaban J connectivity index is 1.60. The first-order valence-electron chi connectivity index (χ1n) is 7.32. The zero-order chi connectivity index (χ0) is 15.0. The topological polar surface area (TPSA) is 54.9 Å². The molecule has 0 saturated carbocycles. The van der Waals surface area contributed by atoms with Gasteiger partial charge in [0.15, 0.2) is 5.75 Å². The van der Waals surface area contributed by atoms with Crippen molar-refractivity contribution in [2.45, 2.75) is 38.4 Å². The molecule has 1 aromatic rings. The van der Waals surface area contributed by atoms with Gasteiger partial charge in [-0.1, -0.05) is 0 Å². The molecule has 0 radical (unpaired) electrons. The Bertz CT molecular complexity index is 517. The van der Waals surface area contributed by atoms with Gasteiger partial charge >= 0.3 is 6.09 Å². The van der Waals surface area contributed by atoms with Crippen molar-refractivity contribution in [1.29, 1.82) is 0 Å². The summed E-state index contributed by atoms with van der Waals surface area (Å²) in [6, 6.07) is 4.65. The van der Waals surface area contributed by atoms with E-state index in [1.165, 1.54) is 6.20 Å². The number of fused-ring (bicyclic) bond motifs is 2. The van der Waals surface area contributed by atoms with Gasteiger partial charge in [0.05, 0.1) is 13.3 Å². The number of methoxy groups -OCH3 is 1. The van der Waals surface area contributed by atoms with Crippen molar-refractivity contribution in [1.82, 2.24) is 14.8 Å². The number of ether oxygens (including phenoxy) is 2. The van der Waals surface area contributed by atoms with Crippen molar-refractivity contribution >= 4 is 6.09 Å². The number of piperazine rings is 1. The summed E-state index contributed by atoms with van der Waals surface area (Å²) < 4.78 is 10.4. The second-order valence-electron chi connectivity index (χ2n) is 5.89. The van der Waals surface area contributed by atoms with Gasteiger partial charge in [-0.15, -0.1) is 0 Å². The molecule has 6 heteroatoms. The highest BCUT2D eigenvalue weighted by atomic mass is 16.6. The van der Waals surface area contributed by atoms with Crippen molar-refractivity contribution < 1.29 is 14.3 Å². The van der Waals surface area contributed by atoms with Crippen LogP contribution in [0, 0.1) is 0 Å². The summed E-state index contributed by atoms with van der Waals surface area (Å²) in [6.45, 7) is 6.10. The molecule has 21 heavy (non-hydrogen) atoms. The van der Waals surface area contributed by atoms with Gasteiger partial charge < -0.3 is 14.4 Å². The first kappa shape index (κ1) is 14.1. The molecule has 1 amide bonds. The molecule has 2 atom stereocenters. The number of likely N-dealkylation sites (tertiary alicyclic amines) is 2. The van der Waals surface area contributed by atoms with Crippen LogP contribution in [-0.4, -0.2) is 59.2 Å². The second-order valence-corrected chi connectivity index (χ2v) is 5.89. The highest BCUT2D eigenvalue weighted by Crippen LogP contribution is 2.32. The van der Waals surface area contributed by atoms with Crippen LogP contribution in [0.4, 0.5) is 4.79 Å². The molecule has 2 aliphatic rings. The summed E-state index contributed by atoms with van der Waals surface area (Å²) >= 11 is 0. The van der Waals surface area contributed by atoms with Crippen molar-refractivity contribution in [3.05, 3.63) is 18.3 Å². The number of aromatic nitrogens is 1. The number of nitrogens with zero attached hydrogens (tertiary/aromatic N) is 3. The molecular formula is C15H21N3O3. The van der Waals surface area contributed by atoms with Crippen molar-refractivity contribution in [3.8, 4) is 11.6 Å². The number of carbonyl (C=O) groups excluding carboxylic acids is 1. The van der Waals surface area contributed by atoms with Crippen LogP contribution in [0.2, 0.25) is 0 Å². The van der Waals surface area contributed by atoms with Crippen molar-refractivity contribution in [2.24, 2.45) is 0 Å². The van der Waals surface area contributed by atoms with Crippen LogP contribution in [0.5, 0.6) is 11.6 Å². The SMILES string of the molecule is COc1ccc(OC(=O)N2CC3CC2CN3C(C)C)cn1. The number of rotatable bonds is 3. The molecule has 0 spiro atoms. The predicted molar refractivity (Wildman–Crippen MR) is 77.6 cm³/mol. The third kappa shape index (κ3) is 2.68. The summed E-state index contributed by atoms with van der Waals surface area (Å²) in [5.41, 5.74) is 0. The molecule has 0 N–H and O–H groups in total. The van der Waals surface area contributed by atoms with Gasteiger partial charge in [0.25, 0.3) is 0 Å². The summed E-state index contributed by atoms with van der Waals surface area (Å²) in [5, 5.41) is 0. The van der Waals surface area contributed by atoms with Crippen molar-refractivity contribution in [2.75, 3.05) is 20.2 Å². The van der Waals surface area contributed by atoms with E-state index in [-0.39, 0.29) is 12.1 Å². The number of pyridine rings is 1. The average Bonchev–Trinajstić information content (AvgIpc) is 3.08. The minimum absolute atomic E-state index is 0.274. The largest absolute Gasteiger partial charge is 0.481 e. The molecule has 2 saturated heterocycles. The monoisotopic (exact) mass is 291 g/mol. The first-order valence-corrected chi connectivity index (χ1v) is 7.32. The molecule has 0 aliphatic carbocycles. The average molecular weight is 291 g/mol. The van der Waals surface area contributed by atoms with Gasteiger partial charge in [-0.25, -0.2) is 9.78 Å². The highest BCUT2D eigenvalue weighted by molar-refractivity contribution is 5.71. The number of amides is 1. The van der Waals surface area contributed by atoms with Gasteiger partial charge in [0, 0.05) is 37.3 Å². The van der Waals surface area contributed by atoms with E-state index in [2.05, 4.69) is 23.7 Å².